The van der Waals surface area contributed by atoms with Gasteiger partial charge < -0.3 is 20.5 Å². The molecule has 1 saturated heterocycles. The Kier molecular flexibility index (Phi) is 5.81. The molecule has 5 heteroatoms. The van der Waals surface area contributed by atoms with Crippen LogP contribution in [0.4, 0.5) is 0 Å². The fraction of sp³-hybridized carbons (Fsp3) is 0.933. The van der Waals surface area contributed by atoms with Crippen LogP contribution in [-0.4, -0.2) is 43.4 Å². The molecule has 2 atom stereocenters. The molecule has 1 aliphatic carbocycles. The van der Waals surface area contributed by atoms with Crippen molar-refractivity contribution in [3.8, 4) is 0 Å². The second kappa shape index (κ2) is 7.38. The van der Waals surface area contributed by atoms with Crippen molar-refractivity contribution >= 4 is 5.91 Å². The smallest absolute Gasteiger partial charge is 0.237 e. The summed E-state index contributed by atoms with van der Waals surface area (Å²) in [6, 6.07) is 0.489. The van der Waals surface area contributed by atoms with E-state index >= 15 is 0 Å². The van der Waals surface area contributed by atoms with Gasteiger partial charge in [-0.15, -0.1) is 0 Å². The average molecular weight is 284 g/mol. The molecule has 1 saturated carbocycles. The highest BCUT2D eigenvalue weighted by molar-refractivity contribution is 5.84. The minimum absolute atomic E-state index is 0.246. The Morgan fingerprint density at radius 2 is 2.20 bits per heavy atom. The number of nitrogens with two attached hydrogens (primary N) is 1. The number of carbonyl (C=O) groups excluding carboxylic acids is 1. The minimum atomic E-state index is -0.560. The van der Waals surface area contributed by atoms with E-state index in [0.29, 0.717) is 18.8 Å². The first-order valence-electron chi connectivity index (χ1n) is 7.87. The Morgan fingerprint density at radius 1 is 1.40 bits per heavy atom. The van der Waals surface area contributed by atoms with Crippen molar-refractivity contribution in [2.45, 2.75) is 69.6 Å². The van der Waals surface area contributed by atoms with Crippen LogP contribution in [0.1, 0.15) is 51.9 Å². The molecular weight excluding hydrogens is 256 g/mol. The van der Waals surface area contributed by atoms with Crippen LogP contribution in [0.25, 0.3) is 0 Å². The molecule has 20 heavy (non-hydrogen) atoms. The standard InChI is InChI=1S/C15H28N2O3/c1-15(14(16)18,17-12-6-7-12)8-2-3-9-19-11-13-5-4-10-20-13/h12-13,17H,2-11H2,1H3,(H2,16,18). The van der Waals surface area contributed by atoms with Gasteiger partial charge in [0.2, 0.25) is 5.91 Å². The third-order valence-electron chi connectivity index (χ3n) is 4.19. The molecule has 0 aromatic carbocycles. The molecule has 5 nitrogen and oxygen atoms in total. The average Bonchev–Trinajstić information content (AvgIpc) is 3.05. The zero-order valence-electron chi connectivity index (χ0n) is 12.5. The molecule has 0 aromatic rings. The van der Waals surface area contributed by atoms with Crippen molar-refractivity contribution in [2.24, 2.45) is 5.73 Å². The Bertz CT molecular complexity index is 314. The molecule has 0 spiro atoms. The summed E-state index contributed by atoms with van der Waals surface area (Å²) in [6.07, 6.45) is 7.57. The van der Waals surface area contributed by atoms with Gasteiger partial charge in [-0.05, 0) is 51.9 Å². The maximum atomic E-state index is 11.6. The lowest BCUT2D eigenvalue weighted by Gasteiger charge is -2.27. The lowest BCUT2D eigenvalue weighted by Crippen LogP contribution is -2.53. The van der Waals surface area contributed by atoms with Gasteiger partial charge in [-0.3, -0.25) is 4.79 Å². The second-order valence-corrected chi connectivity index (χ2v) is 6.28. The fourth-order valence-electron chi connectivity index (χ4n) is 2.62. The molecule has 1 aliphatic heterocycles. The normalized spacial score (nSPS) is 25.6. The molecule has 1 heterocycles. The van der Waals surface area contributed by atoms with Crippen LogP contribution >= 0.6 is 0 Å². The van der Waals surface area contributed by atoms with Gasteiger partial charge in [-0.1, -0.05) is 0 Å². The van der Waals surface area contributed by atoms with Crippen molar-refractivity contribution in [3.63, 3.8) is 0 Å². The quantitative estimate of drug-likeness (QED) is 0.594. The number of primary amides is 1. The molecule has 2 rings (SSSR count). The Balaban J connectivity index is 1.54. The summed E-state index contributed by atoms with van der Waals surface area (Å²) in [6.45, 7) is 4.23. The van der Waals surface area contributed by atoms with E-state index in [4.69, 9.17) is 15.2 Å². The molecule has 3 N–H and O–H groups in total. The summed E-state index contributed by atoms with van der Waals surface area (Å²) >= 11 is 0. The number of nitrogens with one attached hydrogen (secondary N) is 1. The van der Waals surface area contributed by atoms with E-state index in [2.05, 4.69) is 5.32 Å². The van der Waals surface area contributed by atoms with E-state index in [1.54, 1.807) is 0 Å². The fourth-order valence-corrected chi connectivity index (χ4v) is 2.62. The van der Waals surface area contributed by atoms with Crippen LogP contribution in [0.5, 0.6) is 0 Å². The Hall–Kier alpha value is -0.650. The number of hydrogen-bond donors (Lipinski definition) is 2. The van der Waals surface area contributed by atoms with Crippen LogP contribution in [0.3, 0.4) is 0 Å². The number of carbonyl (C=O) groups is 1. The molecule has 0 bridgehead atoms. The second-order valence-electron chi connectivity index (χ2n) is 6.28. The van der Waals surface area contributed by atoms with E-state index in [1.807, 2.05) is 6.92 Å². The summed E-state index contributed by atoms with van der Waals surface area (Å²) in [7, 11) is 0. The van der Waals surface area contributed by atoms with Gasteiger partial charge in [-0.25, -0.2) is 0 Å². The van der Waals surface area contributed by atoms with E-state index in [9.17, 15) is 4.79 Å². The molecule has 116 valence electrons. The summed E-state index contributed by atoms with van der Waals surface area (Å²) in [5.74, 6) is -0.246. The molecule has 0 aromatic heterocycles. The highest BCUT2D eigenvalue weighted by Crippen LogP contribution is 2.25. The maximum Gasteiger partial charge on any atom is 0.237 e. The lowest BCUT2D eigenvalue weighted by molar-refractivity contribution is -0.124. The van der Waals surface area contributed by atoms with Crippen LogP contribution in [-0.2, 0) is 14.3 Å². The lowest BCUT2D eigenvalue weighted by atomic mass is 9.94. The third kappa shape index (κ3) is 5.04. The molecule has 2 fully saturated rings. The van der Waals surface area contributed by atoms with Gasteiger partial charge in [-0.2, -0.15) is 0 Å². The third-order valence-corrected chi connectivity index (χ3v) is 4.19. The van der Waals surface area contributed by atoms with Crippen molar-refractivity contribution in [3.05, 3.63) is 0 Å². The van der Waals surface area contributed by atoms with Gasteiger partial charge in [0.05, 0.1) is 18.2 Å². The van der Waals surface area contributed by atoms with E-state index < -0.39 is 5.54 Å². The van der Waals surface area contributed by atoms with Crippen molar-refractivity contribution < 1.29 is 14.3 Å². The van der Waals surface area contributed by atoms with Gasteiger partial charge >= 0.3 is 0 Å². The van der Waals surface area contributed by atoms with Gasteiger partial charge in [0, 0.05) is 19.3 Å². The molecule has 0 radical (unpaired) electrons. The summed E-state index contributed by atoms with van der Waals surface area (Å²) in [5.41, 5.74) is 4.96. The predicted octanol–water partition coefficient (Wildman–Crippen LogP) is 1.35. The zero-order valence-corrected chi connectivity index (χ0v) is 12.5. The monoisotopic (exact) mass is 284 g/mol. The maximum absolute atomic E-state index is 11.6. The molecule has 1 amide bonds. The number of amides is 1. The first-order chi connectivity index (χ1) is 9.60. The van der Waals surface area contributed by atoms with E-state index in [0.717, 1.165) is 58.2 Å². The first-order valence-corrected chi connectivity index (χ1v) is 7.87. The van der Waals surface area contributed by atoms with E-state index in [1.165, 1.54) is 0 Å². The number of ether oxygens (including phenoxy) is 2. The Morgan fingerprint density at radius 3 is 2.80 bits per heavy atom. The largest absolute Gasteiger partial charge is 0.379 e. The highest BCUT2D eigenvalue weighted by atomic mass is 16.5. The summed E-state index contributed by atoms with van der Waals surface area (Å²) in [5, 5.41) is 3.37. The molecule has 2 aliphatic rings. The zero-order chi connectivity index (χ0) is 14.4. The van der Waals surface area contributed by atoms with Crippen molar-refractivity contribution in [1.29, 1.82) is 0 Å². The first kappa shape index (κ1) is 15.7. The minimum Gasteiger partial charge on any atom is -0.379 e. The van der Waals surface area contributed by atoms with Crippen LogP contribution in [0, 0.1) is 0 Å². The van der Waals surface area contributed by atoms with Crippen LogP contribution in [0.2, 0.25) is 0 Å². The summed E-state index contributed by atoms with van der Waals surface area (Å²) in [4.78, 5) is 11.6. The topological polar surface area (TPSA) is 73.6 Å². The van der Waals surface area contributed by atoms with Gasteiger partial charge in [0.15, 0.2) is 0 Å². The number of rotatable bonds is 10. The van der Waals surface area contributed by atoms with Crippen molar-refractivity contribution in [1.82, 2.24) is 5.32 Å². The number of hydrogen-bond acceptors (Lipinski definition) is 4. The van der Waals surface area contributed by atoms with Gasteiger partial charge in [0.25, 0.3) is 0 Å². The Labute approximate surface area is 121 Å². The van der Waals surface area contributed by atoms with Crippen LogP contribution < -0.4 is 11.1 Å². The summed E-state index contributed by atoms with van der Waals surface area (Å²) < 4.78 is 11.1. The van der Waals surface area contributed by atoms with Crippen LogP contribution in [0.15, 0.2) is 0 Å². The van der Waals surface area contributed by atoms with E-state index in [-0.39, 0.29) is 5.91 Å². The number of unbranched alkanes of at least 4 members (excludes halogenated alkanes) is 1. The van der Waals surface area contributed by atoms with Crippen molar-refractivity contribution in [2.75, 3.05) is 19.8 Å². The van der Waals surface area contributed by atoms with Gasteiger partial charge in [0.1, 0.15) is 0 Å². The highest BCUT2D eigenvalue weighted by Gasteiger charge is 2.36. The molecule has 2 unspecified atom stereocenters. The SMILES string of the molecule is CC(CCCCOCC1CCCO1)(NC1CC1)C(N)=O. The molecular formula is C15H28N2O3. The predicted molar refractivity (Wildman–Crippen MR) is 77.4 cm³/mol.